The van der Waals surface area contributed by atoms with Gasteiger partial charge < -0.3 is 53.8 Å². The highest BCUT2D eigenvalue weighted by Gasteiger charge is 2.40. The summed E-state index contributed by atoms with van der Waals surface area (Å²) in [6.07, 6.45) is 18.7. The minimum Gasteiger partial charge on any atom is -0.497 e. The second kappa shape index (κ2) is 36.4. The van der Waals surface area contributed by atoms with Crippen molar-refractivity contribution in [2.24, 2.45) is 5.92 Å². The van der Waals surface area contributed by atoms with Crippen LogP contribution < -0.4 is 20.1 Å². The Morgan fingerprint density at radius 3 is 1.55 bits per heavy atom. The molecule has 396 valence electrons. The lowest BCUT2D eigenvalue weighted by Gasteiger charge is -2.38. The average molecular weight is 990 g/mol. The number of aliphatic hydroxyl groups excluding tert-OH is 1. The smallest absolute Gasteiger partial charge is 0.247 e. The van der Waals surface area contributed by atoms with Crippen molar-refractivity contribution in [1.82, 2.24) is 15.5 Å². The van der Waals surface area contributed by atoms with Gasteiger partial charge in [0, 0.05) is 39.1 Å². The van der Waals surface area contributed by atoms with Crippen molar-refractivity contribution >= 4 is 17.7 Å². The number of aliphatic hydroxyl groups is 1. The van der Waals surface area contributed by atoms with Crippen LogP contribution in [0.3, 0.4) is 0 Å². The Labute approximate surface area is 425 Å². The Bertz CT molecular complexity index is 1790. The van der Waals surface area contributed by atoms with Crippen LogP contribution in [-0.2, 0) is 43.7 Å². The maximum absolute atomic E-state index is 14.3. The first-order valence-electron chi connectivity index (χ1n) is 26.6. The van der Waals surface area contributed by atoms with E-state index in [2.05, 4.69) is 17.6 Å². The van der Waals surface area contributed by atoms with Crippen LogP contribution in [0.1, 0.15) is 133 Å². The summed E-state index contributed by atoms with van der Waals surface area (Å²) in [5.41, 5.74) is 1.24. The molecule has 1 fully saturated rings. The van der Waals surface area contributed by atoms with E-state index in [0.717, 1.165) is 29.5 Å². The van der Waals surface area contributed by atoms with Crippen LogP contribution in [0.5, 0.6) is 11.5 Å². The lowest BCUT2D eigenvalue weighted by molar-refractivity contribution is -0.141. The third kappa shape index (κ3) is 22.4. The zero-order chi connectivity index (χ0) is 50.6. The van der Waals surface area contributed by atoms with Crippen molar-refractivity contribution in [3.8, 4) is 11.5 Å². The van der Waals surface area contributed by atoms with Gasteiger partial charge >= 0.3 is 0 Å². The number of unbranched alkanes of at least 4 members (excludes halogenated alkanes) is 12. The standard InChI is InChI=1S/C57H87N3O11/c1-4-5-6-7-8-9-10-11-12-13-14-15-19-22-54(62)58-34-38-68-40-42-70-44-43-69-41-39-67-37-33-55(63)59-53(56(64)60-35-31-47(45-61)32-36-60)46-71-57(48-20-17-16-18-21-48,49-23-27-51(65-2)28-24-49)50-25-29-52(66-3)30-26-50/h16-18,20-21,23-30,47,53,61H,4-15,19,22,31-46H2,1-3H3,(H,58,62)(H,59,63). The van der Waals surface area contributed by atoms with E-state index in [1.807, 2.05) is 78.9 Å². The number of hydrogen-bond acceptors (Lipinski definition) is 11. The van der Waals surface area contributed by atoms with Gasteiger partial charge in [-0.2, -0.15) is 0 Å². The Morgan fingerprint density at radius 1 is 0.592 bits per heavy atom. The minimum absolute atomic E-state index is 0.0312. The third-order valence-corrected chi connectivity index (χ3v) is 13.1. The number of rotatable bonds is 40. The summed E-state index contributed by atoms with van der Waals surface area (Å²) in [6, 6.07) is 24.1. The summed E-state index contributed by atoms with van der Waals surface area (Å²) in [6.45, 7) is 6.47. The Morgan fingerprint density at radius 2 is 1.06 bits per heavy atom. The van der Waals surface area contributed by atoms with Gasteiger partial charge in [0.15, 0.2) is 0 Å². The van der Waals surface area contributed by atoms with E-state index < -0.39 is 11.6 Å². The van der Waals surface area contributed by atoms with Gasteiger partial charge in [-0.3, -0.25) is 14.4 Å². The van der Waals surface area contributed by atoms with Gasteiger partial charge in [-0.05, 0) is 66.1 Å². The first-order chi connectivity index (χ1) is 34.8. The van der Waals surface area contributed by atoms with E-state index in [4.69, 9.17) is 33.2 Å². The van der Waals surface area contributed by atoms with Gasteiger partial charge in [-0.15, -0.1) is 0 Å². The summed E-state index contributed by atoms with van der Waals surface area (Å²) < 4.78 is 40.6. The van der Waals surface area contributed by atoms with Gasteiger partial charge in [-0.25, -0.2) is 0 Å². The molecule has 0 bridgehead atoms. The molecule has 0 aromatic heterocycles. The molecule has 0 saturated carbocycles. The summed E-state index contributed by atoms with van der Waals surface area (Å²) in [4.78, 5) is 41.7. The van der Waals surface area contributed by atoms with Gasteiger partial charge in [0.05, 0.1) is 73.7 Å². The molecule has 3 amide bonds. The number of carbonyl (C=O) groups is 3. The maximum Gasteiger partial charge on any atom is 0.247 e. The SMILES string of the molecule is CCCCCCCCCCCCCCCC(=O)NCCOCCOCCOCCOCCC(=O)NC(COC(c1ccccc1)(c1ccc(OC)cc1)c1ccc(OC)cc1)C(=O)N1CCC(CO)CC1. The zero-order valence-electron chi connectivity index (χ0n) is 43.4. The maximum atomic E-state index is 14.3. The summed E-state index contributed by atoms with van der Waals surface area (Å²) >= 11 is 0. The van der Waals surface area contributed by atoms with Crippen LogP contribution in [-0.4, -0.2) is 134 Å². The number of likely N-dealkylation sites (tertiary alicyclic amines) is 1. The molecule has 1 heterocycles. The number of hydrogen-bond donors (Lipinski definition) is 3. The number of ether oxygens (including phenoxy) is 7. The molecule has 14 nitrogen and oxygen atoms in total. The molecule has 1 saturated heterocycles. The predicted molar refractivity (Wildman–Crippen MR) is 278 cm³/mol. The monoisotopic (exact) mass is 990 g/mol. The molecule has 1 aliphatic heterocycles. The highest BCUT2D eigenvalue weighted by atomic mass is 16.6. The second-order valence-electron chi connectivity index (χ2n) is 18.4. The van der Waals surface area contributed by atoms with Gasteiger partial charge in [-0.1, -0.05) is 139 Å². The molecule has 1 unspecified atom stereocenters. The largest absolute Gasteiger partial charge is 0.497 e. The molecule has 3 aromatic rings. The summed E-state index contributed by atoms with van der Waals surface area (Å²) in [5.74, 6) is 0.991. The Hall–Kier alpha value is -4.57. The topological polar surface area (TPSA) is 163 Å². The van der Waals surface area contributed by atoms with E-state index in [0.29, 0.717) is 90.0 Å². The van der Waals surface area contributed by atoms with Crippen molar-refractivity contribution in [3.05, 3.63) is 95.6 Å². The van der Waals surface area contributed by atoms with Gasteiger partial charge in [0.2, 0.25) is 17.7 Å². The first kappa shape index (κ1) is 59.0. The van der Waals surface area contributed by atoms with E-state index in [-0.39, 0.29) is 56.5 Å². The summed E-state index contributed by atoms with van der Waals surface area (Å²) in [5, 5.41) is 15.7. The first-order valence-corrected chi connectivity index (χ1v) is 26.6. The summed E-state index contributed by atoms with van der Waals surface area (Å²) in [7, 11) is 3.23. The molecule has 71 heavy (non-hydrogen) atoms. The van der Waals surface area contributed by atoms with Crippen LogP contribution >= 0.6 is 0 Å². The zero-order valence-corrected chi connectivity index (χ0v) is 43.4. The van der Waals surface area contributed by atoms with Gasteiger partial charge in [0.25, 0.3) is 0 Å². The van der Waals surface area contributed by atoms with Crippen molar-refractivity contribution in [1.29, 1.82) is 0 Å². The fourth-order valence-corrected chi connectivity index (χ4v) is 8.86. The lowest BCUT2D eigenvalue weighted by atomic mass is 9.80. The third-order valence-electron chi connectivity index (χ3n) is 13.1. The normalized spacial score (nSPS) is 13.5. The number of methoxy groups -OCH3 is 2. The Balaban J connectivity index is 1.13. The van der Waals surface area contributed by atoms with Crippen LogP contribution in [0.2, 0.25) is 0 Å². The number of nitrogens with zero attached hydrogens (tertiary/aromatic N) is 1. The molecule has 1 atom stereocenters. The molecule has 0 aliphatic carbocycles. The fourth-order valence-electron chi connectivity index (χ4n) is 8.86. The molecule has 3 N–H and O–H groups in total. The van der Waals surface area contributed by atoms with Crippen LogP contribution in [0.25, 0.3) is 0 Å². The van der Waals surface area contributed by atoms with E-state index in [9.17, 15) is 19.5 Å². The van der Waals surface area contributed by atoms with Crippen LogP contribution in [0, 0.1) is 5.92 Å². The number of benzene rings is 3. The molecular formula is C57H87N3O11. The van der Waals surface area contributed by atoms with Crippen molar-refractivity contribution in [2.75, 3.05) is 99.9 Å². The molecule has 3 aromatic carbocycles. The fraction of sp³-hybridized carbons (Fsp3) is 0.632. The quantitative estimate of drug-likeness (QED) is 0.0369. The molecule has 0 spiro atoms. The molecule has 14 heteroatoms. The predicted octanol–water partition coefficient (Wildman–Crippen LogP) is 8.78. The number of carbonyl (C=O) groups excluding carboxylic acids is 3. The highest BCUT2D eigenvalue weighted by Crippen LogP contribution is 2.42. The second-order valence-corrected chi connectivity index (χ2v) is 18.4. The van der Waals surface area contributed by atoms with Crippen LogP contribution in [0.4, 0.5) is 0 Å². The lowest BCUT2D eigenvalue weighted by Crippen LogP contribution is -2.54. The number of amides is 3. The van der Waals surface area contributed by atoms with Crippen LogP contribution in [0.15, 0.2) is 78.9 Å². The Kier molecular flexibility index (Phi) is 30.2. The number of nitrogens with one attached hydrogen (secondary N) is 2. The van der Waals surface area contributed by atoms with E-state index >= 15 is 0 Å². The highest BCUT2D eigenvalue weighted by molar-refractivity contribution is 5.88. The van der Waals surface area contributed by atoms with E-state index in [1.165, 1.54) is 70.6 Å². The minimum atomic E-state index is -1.19. The van der Waals surface area contributed by atoms with Crippen molar-refractivity contribution in [3.63, 3.8) is 0 Å². The van der Waals surface area contributed by atoms with Crippen molar-refractivity contribution in [2.45, 2.75) is 128 Å². The molecular weight excluding hydrogens is 903 g/mol. The van der Waals surface area contributed by atoms with E-state index in [1.54, 1.807) is 19.1 Å². The average Bonchev–Trinajstić information content (AvgIpc) is 3.41. The van der Waals surface area contributed by atoms with Crippen molar-refractivity contribution < 1.29 is 52.6 Å². The molecule has 0 radical (unpaired) electrons. The number of piperidine rings is 1. The molecule has 1 aliphatic rings. The van der Waals surface area contributed by atoms with Gasteiger partial charge in [0.1, 0.15) is 23.1 Å². The molecule has 4 rings (SSSR count).